The fourth-order valence-corrected chi connectivity index (χ4v) is 5.62. The molecule has 8 heteroatoms. The molecule has 0 aliphatic carbocycles. The molecule has 1 N–H and O–H groups in total. The lowest BCUT2D eigenvalue weighted by molar-refractivity contribution is 0.300. The molecule has 0 atom stereocenters. The van der Waals surface area contributed by atoms with E-state index in [-0.39, 0.29) is 14.7 Å². The van der Waals surface area contributed by atoms with Crippen LogP contribution in [0, 0.1) is 6.92 Å². The number of sulfonamides is 1. The van der Waals surface area contributed by atoms with Gasteiger partial charge >= 0.3 is 0 Å². The zero-order valence-corrected chi connectivity index (χ0v) is 18.2. The largest absolute Gasteiger partial charge is 0.304 e. The first kappa shape index (κ1) is 22.5. The number of nitrogens with one attached hydrogen (secondary N) is 1. The smallest absolute Gasteiger partial charge is 0.240 e. The number of aryl methyl sites for hydroxylation is 1. The zero-order chi connectivity index (χ0) is 20.8. The maximum absolute atomic E-state index is 12.8. The second kappa shape index (κ2) is 9.65. The monoisotopic (exact) mass is 424 g/mol. The third-order valence-corrected chi connectivity index (χ3v) is 8.02. The molecule has 0 saturated heterocycles. The molecule has 2 aromatic rings. The highest BCUT2D eigenvalue weighted by Gasteiger charge is 2.23. The Hall–Kier alpha value is -1.74. The number of nitrogens with zero attached hydrogens (tertiary/aromatic N) is 1. The topological polar surface area (TPSA) is 83.6 Å². The Bertz CT molecular complexity index is 984. The number of sulfone groups is 1. The maximum Gasteiger partial charge on any atom is 0.240 e. The van der Waals surface area contributed by atoms with E-state index in [2.05, 4.69) is 23.5 Å². The molecule has 6 nitrogen and oxygen atoms in total. The molecule has 28 heavy (non-hydrogen) atoms. The van der Waals surface area contributed by atoms with Crippen molar-refractivity contribution in [2.75, 3.05) is 26.2 Å². The molecule has 154 valence electrons. The molecule has 0 aliphatic rings. The SMILES string of the molecule is CCN(CC)CCCNS(=O)(=O)c1cc(S(=O)(=O)c2ccccc2)ccc1C. The van der Waals surface area contributed by atoms with E-state index < -0.39 is 19.9 Å². The summed E-state index contributed by atoms with van der Waals surface area (Å²) >= 11 is 0. The average Bonchev–Trinajstić information content (AvgIpc) is 2.69. The molecule has 0 amide bonds. The molecule has 0 saturated carbocycles. The van der Waals surface area contributed by atoms with Crippen molar-refractivity contribution in [3.8, 4) is 0 Å². The van der Waals surface area contributed by atoms with Crippen LogP contribution in [-0.4, -0.2) is 47.9 Å². The van der Waals surface area contributed by atoms with Gasteiger partial charge in [-0.3, -0.25) is 0 Å². The normalized spacial score (nSPS) is 12.4. The van der Waals surface area contributed by atoms with Gasteiger partial charge in [0.1, 0.15) is 0 Å². The minimum atomic E-state index is -3.80. The summed E-state index contributed by atoms with van der Waals surface area (Å²) in [6.45, 7) is 8.73. The van der Waals surface area contributed by atoms with E-state index >= 15 is 0 Å². The van der Waals surface area contributed by atoms with Gasteiger partial charge in [0.15, 0.2) is 0 Å². The molecular formula is C20H28N2O4S2. The fourth-order valence-electron chi connectivity index (χ4n) is 2.90. The van der Waals surface area contributed by atoms with E-state index in [1.807, 2.05) is 0 Å². The first-order valence-corrected chi connectivity index (χ1v) is 12.3. The molecule has 0 heterocycles. The van der Waals surface area contributed by atoms with Crippen LogP contribution in [-0.2, 0) is 19.9 Å². The molecule has 0 bridgehead atoms. The average molecular weight is 425 g/mol. The summed E-state index contributed by atoms with van der Waals surface area (Å²) < 4.78 is 53.7. The first-order valence-electron chi connectivity index (χ1n) is 9.35. The van der Waals surface area contributed by atoms with E-state index in [1.165, 1.54) is 30.3 Å². The van der Waals surface area contributed by atoms with Crippen LogP contribution in [0.25, 0.3) is 0 Å². The van der Waals surface area contributed by atoms with Crippen LogP contribution >= 0.6 is 0 Å². The van der Waals surface area contributed by atoms with Crippen LogP contribution in [0.5, 0.6) is 0 Å². The number of rotatable bonds is 10. The minimum absolute atomic E-state index is 0.00709. The van der Waals surface area contributed by atoms with Crippen LogP contribution in [0.4, 0.5) is 0 Å². The standard InChI is InChI=1S/C20H28N2O4S2/c1-4-22(5-2)15-9-14-21-28(25,26)20-16-19(13-12-17(20)3)27(23,24)18-10-7-6-8-11-18/h6-8,10-13,16,21H,4-5,9,14-15H2,1-3H3. The molecular weight excluding hydrogens is 396 g/mol. The Kier molecular flexibility index (Phi) is 7.77. The van der Waals surface area contributed by atoms with Crippen LogP contribution in [0.2, 0.25) is 0 Å². The minimum Gasteiger partial charge on any atom is -0.304 e. The van der Waals surface area contributed by atoms with Crippen molar-refractivity contribution in [3.63, 3.8) is 0 Å². The van der Waals surface area contributed by atoms with E-state index in [9.17, 15) is 16.8 Å². The van der Waals surface area contributed by atoms with Gasteiger partial charge in [-0.15, -0.1) is 0 Å². The third-order valence-electron chi connectivity index (χ3n) is 4.65. The molecule has 0 aromatic heterocycles. The highest BCUT2D eigenvalue weighted by atomic mass is 32.2. The van der Waals surface area contributed by atoms with Crippen molar-refractivity contribution < 1.29 is 16.8 Å². The summed E-state index contributed by atoms with van der Waals surface area (Å²) in [4.78, 5) is 2.31. The van der Waals surface area contributed by atoms with Crippen LogP contribution < -0.4 is 4.72 Å². The summed E-state index contributed by atoms with van der Waals surface area (Å²) in [6.07, 6.45) is 0.683. The van der Waals surface area contributed by atoms with E-state index in [4.69, 9.17) is 0 Å². The fraction of sp³-hybridized carbons (Fsp3) is 0.400. The molecule has 0 aliphatic heterocycles. The Morgan fingerprint density at radius 2 is 1.54 bits per heavy atom. The molecule has 0 unspecified atom stereocenters. The van der Waals surface area contributed by atoms with Gasteiger partial charge in [-0.1, -0.05) is 38.1 Å². The van der Waals surface area contributed by atoms with Gasteiger partial charge in [0.25, 0.3) is 0 Å². The first-order chi connectivity index (χ1) is 13.2. The van der Waals surface area contributed by atoms with Crippen molar-refractivity contribution in [3.05, 3.63) is 54.1 Å². The Labute approximate surface area is 168 Å². The highest BCUT2D eigenvalue weighted by Crippen LogP contribution is 2.25. The summed E-state index contributed by atoms with van der Waals surface area (Å²) in [5, 5.41) is 0. The number of benzene rings is 2. The van der Waals surface area contributed by atoms with Gasteiger partial charge in [-0.05, 0) is 62.8 Å². The van der Waals surface area contributed by atoms with Crippen molar-refractivity contribution >= 4 is 19.9 Å². The summed E-state index contributed by atoms with van der Waals surface area (Å²) in [5.41, 5.74) is 0.503. The molecule has 0 radical (unpaired) electrons. The summed E-state index contributed by atoms with van der Waals surface area (Å²) in [5.74, 6) is 0. The predicted octanol–water partition coefficient (Wildman–Crippen LogP) is 2.84. The second-order valence-electron chi connectivity index (χ2n) is 6.52. The van der Waals surface area contributed by atoms with Crippen molar-refractivity contribution in [1.29, 1.82) is 0 Å². The van der Waals surface area contributed by atoms with E-state index in [0.29, 0.717) is 18.5 Å². The van der Waals surface area contributed by atoms with Gasteiger partial charge in [-0.2, -0.15) is 0 Å². The van der Waals surface area contributed by atoms with E-state index in [1.54, 1.807) is 25.1 Å². The lowest BCUT2D eigenvalue weighted by Gasteiger charge is -2.18. The van der Waals surface area contributed by atoms with Crippen LogP contribution in [0.3, 0.4) is 0 Å². The highest BCUT2D eigenvalue weighted by molar-refractivity contribution is 7.91. The Morgan fingerprint density at radius 3 is 2.14 bits per heavy atom. The lowest BCUT2D eigenvalue weighted by Crippen LogP contribution is -2.30. The third kappa shape index (κ3) is 5.41. The molecule has 2 rings (SSSR count). The van der Waals surface area contributed by atoms with Gasteiger partial charge in [0.05, 0.1) is 14.7 Å². The molecule has 0 spiro atoms. The quantitative estimate of drug-likeness (QED) is 0.593. The molecule has 2 aromatic carbocycles. The van der Waals surface area contributed by atoms with Gasteiger partial charge in [0, 0.05) is 6.54 Å². The summed E-state index contributed by atoms with van der Waals surface area (Å²) in [7, 11) is -7.58. The predicted molar refractivity (Wildman–Crippen MR) is 111 cm³/mol. The van der Waals surface area contributed by atoms with Crippen LogP contribution in [0.1, 0.15) is 25.8 Å². The second-order valence-corrected chi connectivity index (χ2v) is 10.2. The molecule has 0 fully saturated rings. The Morgan fingerprint density at radius 1 is 0.893 bits per heavy atom. The van der Waals surface area contributed by atoms with Crippen molar-refractivity contribution in [2.45, 2.75) is 41.9 Å². The number of hydrogen-bond donors (Lipinski definition) is 1. The lowest BCUT2D eigenvalue weighted by atomic mass is 10.2. The maximum atomic E-state index is 12.8. The van der Waals surface area contributed by atoms with Crippen LogP contribution in [0.15, 0.2) is 63.2 Å². The number of hydrogen-bond acceptors (Lipinski definition) is 5. The van der Waals surface area contributed by atoms with Crippen molar-refractivity contribution in [1.82, 2.24) is 9.62 Å². The van der Waals surface area contributed by atoms with Gasteiger partial charge in [0.2, 0.25) is 19.9 Å². The zero-order valence-electron chi connectivity index (χ0n) is 16.6. The Balaban J connectivity index is 2.22. The summed E-state index contributed by atoms with van der Waals surface area (Å²) in [6, 6.07) is 12.2. The van der Waals surface area contributed by atoms with Gasteiger partial charge < -0.3 is 4.90 Å². The van der Waals surface area contributed by atoms with Crippen molar-refractivity contribution in [2.24, 2.45) is 0 Å². The van der Waals surface area contributed by atoms with Gasteiger partial charge in [-0.25, -0.2) is 21.6 Å². The van der Waals surface area contributed by atoms with E-state index in [0.717, 1.165) is 19.6 Å².